The molecule has 4 heteroatoms. The van der Waals surface area contributed by atoms with Gasteiger partial charge in [0.05, 0.1) is 27.8 Å². The molecule has 8 aromatic rings. The van der Waals surface area contributed by atoms with Crippen molar-refractivity contribution in [2.75, 3.05) is 0 Å². The van der Waals surface area contributed by atoms with Gasteiger partial charge in [-0.3, -0.25) is 4.99 Å². The first kappa shape index (κ1) is 27.4. The number of benzene rings is 6. The van der Waals surface area contributed by atoms with Crippen LogP contribution in [0.1, 0.15) is 30.5 Å². The van der Waals surface area contributed by atoms with Gasteiger partial charge < -0.3 is 14.9 Å². The molecule has 0 saturated carbocycles. The van der Waals surface area contributed by atoms with E-state index in [4.69, 9.17) is 10.7 Å². The van der Waals surface area contributed by atoms with E-state index < -0.39 is 0 Å². The molecule has 0 aliphatic heterocycles. The third-order valence-electron chi connectivity index (χ3n) is 10.1. The fourth-order valence-corrected chi connectivity index (χ4v) is 7.88. The molecular weight excluding hydrogens is 573 g/mol. The monoisotopic (exact) mass is 606 g/mol. The number of allylic oxidation sites excluding steroid dienone is 1. The van der Waals surface area contributed by atoms with Crippen molar-refractivity contribution in [2.24, 2.45) is 10.7 Å². The van der Waals surface area contributed by atoms with Crippen molar-refractivity contribution in [1.29, 1.82) is 0 Å². The zero-order valence-corrected chi connectivity index (χ0v) is 26.5. The quantitative estimate of drug-likeness (QED) is 0.195. The number of aliphatic imine (C=N–C) groups is 1. The van der Waals surface area contributed by atoms with E-state index in [1.165, 1.54) is 65.9 Å². The van der Waals surface area contributed by atoms with Crippen LogP contribution in [0, 0.1) is 0 Å². The largest absolute Gasteiger partial charge is 0.405 e. The summed E-state index contributed by atoms with van der Waals surface area (Å²) in [6.07, 6.45) is 3.50. The van der Waals surface area contributed by atoms with E-state index in [1.54, 1.807) is 6.20 Å². The number of hydrogen-bond acceptors (Lipinski definition) is 2. The minimum atomic E-state index is -0.0780. The Bertz CT molecular complexity index is 2540. The van der Waals surface area contributed by atoms with Gasteiger partial charge in [-0.1, -0.05) is 105 Å². The summed E-state index contributed by atoms with van der Waals surface area (Å²) in [4.78, 5) is 5.25. The molecule has 2 heterocycles. The molecule has 9 rings (SSSR count). The Morgan fingerprint density at radius 2 is 1.26 bits per heavy atom. The van der Waals surface area contributed by atoms with Crippen LogP contribution in [0.5, 0.6) is 0 Å². The molecule has 0 fully saturated rings. The second kappa shape index (κ2) is 10.3. The zero-order chi connectivity index (χ0) is 31.7. The highest BCUT2D eigenvalue weighted by atomic mass is 15.1. The number of rotatable bonds is 5. The van der Waals surface area contributed by atoms with Crippen molar-refractivity contribution in [3.63, 3.8) is 0 Å². The van der Waals surface area contributed by atoms with E-state index in [1.807, 2.05) is 6.08 Å². The van der Waals surface area contributed by atoms with Crippen LogP contribution >= 0.6 is 0 Å². The lowest BCUT2D eigenvalue weighted by molar-refractivity contribution is 0.660. The Hall–Kier alpha value is -5.87. The van der Waals surface area contributed by atoms with Crippen LogP contribution in [0.3, 0.4) is 0 Å². The first-order valence-corrected chi connectivity index (χ1v) is 16.2. The predicted octanol–water partition coefficient (Wildman–Crippen LogP) is 10.1. The van der Waals surface area contributed by atoms with Gasteiger partial charge in [-0.05, 0) is 77.0 Å². The average Bonchev–Trinajstić information content (AvgIpc) is 3.69. The van der Waals surface area contributed by atoms with Crippen LogP contribution in [0.2, 0.25) is 0 Å². The molecule has 6 aromatic carbocycles. The molecule has 0 saturated heterocycles. The van der Waals surface area contributed by atoms with Gasteiger partial charge >= 0.3 is 0 Å². The normalized spacial score (nSPS) is 14.1. The molecule has 1 aliphatic rings. The maximum absolute atomic E-state index is 6.04. The highest BCUT2D eigenvalue weighted by molar-refractivity contribution is 6.12. The van der Waals surface area contributed by atoms with Gasteiger partial charge in [0.15, 0.2) is 0 Å². The second-order valence-corrected chi connectivity index (χ2v) is 13.0. The van der Waals surface area contributed by atoms with Gasteiger partial charge in [-0.25, -0.2) is 0 Å². The molecule has 0 unspecified atom stereocenters. The maximum Gasteiger partial charge on any atom is 0.115 e. The molecule has 0 bridgehead atoms. The van der Waals surface area contributed by atoms with Gasteiger partial charge in [-0.2, -0.15) is 0 Å². The summed E-state index contributed by atoms with van der Waals surface area (Å²) in [6, 6.07) is 48.1. The van der Waals surface area contributed by atoms with Crippen LogP contribution < -0.4 is 5.73 Å². The van der Waals surface area contributed by atoms with Crippen LogP contribution in [-0.4, -0.2) is 14.8 Å². The summed E-state index contributed by atoms with van der Waals surface area (Å²) >= 11 is 0. The smallest absolute Gasteiger partial charge is 0.115 e. The van der Waals surface area contributed by atoms with Crippen LogP contribution in [0.15, 0.2) is 151 Å². The third-order valence-corrected chi connectivity index (χ3v) is 10.1. The minimum Gasteiger partial charge on any atom is -0.405 e. The van der Waals surface area contributed by atoms with E-state index in [0.29, 0.717) is 6.67 Å². The molecule has 47 heavy (non-hydrogen) atoms. The average molecular weight is 607 g/mol. The summed E-state index contributed by atoms with van der Waals surface area (Å²) < 4.78 is 4.69. The number of nitrogens with zero attached hydrogens (tertiary/aromatic N) is 3. The summed E-state index contributed by atoms with van der Waals surface area (Å²) in [6.45, 7) is 5.14. The Balaban J connectivity index is 1.19. The lowest BCUT2D eigenvalue weighted by Crippen LogP contribution is -2.15. The molecule has 1 aliphatic carbocycles. The number of aromatic nitrogens is 2. The van der Waals surface area contributed by atoms with Gasteiger partial charge in [0.1, 0.15) is 6.67 Å². The van der Waals surface area contributed by atoms with Gasteiger partial charge in [-0.15, -0.1) is 0 Å². The summed E-state index contributed by atoms with van der Waals surface area (Å²) in [5, 5.41) is 4.99. The summed E-state index contributed by atoms with van der Waals surface area (Å²) in [5.41, 5.74) is 19.1. The lowest BCUT2D eigenvalue weighted by atomic mass is 9.82. The standard InChI is InChI=1S/C43H34N4/c1-43(2)36-18-7-3-14-30(36)34-25-35-33-17-4-8-19-39(33)46(42(35)26-37(34)43)27-45-38(22-23-44)28-12-11-13-29(24-28)47-40-20-9-5-15-31(40)32-16-6-10-21-41(32)47/h3-26H,27,44H2,1-2H3/b23-22-,45-38+. The highest BCUT2D eigenvalue weighted by Crippen LogP contribution is 2.50. The van der Waals surface area contributed by atoms with Crippen molar-refractivity contribution < 1.29 is 0 Å². The third kappa shape index (κ3) is 4.04. The van der Waals surface area contributed by atoms with E-state index in [9.17, 15) is 0 Å². The maximum atomic E-state index is 6.04. The van der Waals surface area contributed by atoms with E-state index in [-0.39, 0.29) is 5.41 Å². The first-order valence-electron chi connectivity index (χ1n) is 16.2. The van der Waals surface area contributed by atoms with Crippen molar-refractivity contribution >= 4 is 49.3 Å². The van der Waals surface area contributed by atoms with Gasteiger partial charge in [0.25, 0.3) is 0 Å². The number of fused-ring (bicyclic) bond motifs is 9. The topological polar surface area (TPSA) is 48.2 Å². The molecule has 0 radical (unpaired) electrons. The summed E-state index contributed by atoms with van der Waals surface area (Å²) in [5.74, 6) is 0. The Kier molecular flexibility index (Phi) is 6.03. The van der Waals surface area contributed by atoms with Gasteiger partial charge in [0.2, 0.25) is 0 Å². The highest BCUT2D eigenvalue weighted by Gasteiger charge is 2.36. The lowest BCUT2D eigenvalue weighted by Gasteiger charge is -2.21. The van der Waals surface area contributed by atoms with Crippen molar-refractivity contribution in [3.8, 4) is 16.8 Å². The fourth-order valence-electron chi connectivity index (χ4n) is 7.88. The number of nitrogens with two attached hydrogens (primary N) is 1. The van der Waals surface area contributed by atoms with Crippen LogP contribution in [0.4, 0.5) is 0 Å². The van der Waals surface area contributed by atoms with E-state index in [2.05, 4.69) is 156 Å². The van der Waals surface area contributed by atoms with Crippen molar-refractivity contribution in [2.45, 2.75) is 25.9 Å². The van der Waals surface area contributed by atoms with E-state index in [0.717, 1.165) is 17.0 Å². The molecule has 2 N–H and O–H groups in total. The van der Waals surface area contributed by atoms with Crippen molar-refractivity contribution in [1.82, 2.24) is 9.13 Å². The Morgan fingerprint density at radius 3 is 1.98 bits per heavy atom. The Labute approximate surface area is 273 Å². The fraction of sp³-hybridized carbons (Fsp3) is 0.0930. The SMILES string of the molecule is CC1(C)c2ccccc2-c2cc3c4ccccc4n(C/N=C(\C=C/N)c4cccc(-n5c6ccccc6c6ccccc65)c4)c3cc21. The van der Waals surface area contributed by atoms with E-state index >= 15 is 0 Å². The molecule has 226 valence electrons. The zero-order valence-electron chi connectivity index (χ0n) is 26.5. The number of hydrogen-bond donors (Lipinski definition) is 1. The predicted molar refractivity (Wildman–Crippen MR) is 198 cm³/mol. The van der Waals surface area contributed by atoms with Crippen LogP contribution in [0.25, 0.3) is 60.4 Å². The molecule has 0 atom stereocenters. The van der Waals surface area contributed by atoms with Crippen molar-refractivity contribution in [3.05, 3.63) is 162 Å². The molecule has 2 aromatic heterocycles. The Morgan fingerprint density at radius 1 is 0.617 bits per heavy atom. The molecule has 0 amide bonds. The first-order chi connectivity index (χ1) is 23.0. The van der Waals surface area contributed by atoms with Crippen LogP contribution in [-0.2, 0) is 12.1 Å². The second-order valence-electron chi connectivity index (χ2n) is 13.0. The minimum absolute atomic E-state index is 0.0780. The molecular formula is C43H34N4. The molecule has 0 spiro atoms. The summed E-state index contributed by atoms with van der Waals surface area (Å²) in [7, 11) is 0. The van der Waals surface area contributed by atoms with Gasteiger partial charge in [0, 0.05) is 38.2 Å². The molecule has 4 nitrogen and oxygen atoms in total. The number of para-hydroxylation sites is 3.